The molecule has 0 N–H and O–H groups in total. The lowest BCUT2D eigenvalue weighted by molar-refractivity contribution is -0.122. The number of carbonyl (C=O) groups is 1. The molecule has 0 aliphatic carbocycles. The molecular formula is C24H32N2O4. The van der Waals surface area contributed by atoms with E-state index in [1.807, 2.05) is 36.1 Å². The molecule has 162 valence electrons. The van der Waals surface area contributed by atoms with Crippen LogP contribution in [0.25, 0.3) is 0 Å². The van der Waals surface area contributed by atoms with Crippen LogP contribution in [0.3, 0.4) is 0 Å². The Kier molecular flexibility index (Phi) is 7.71. The number of methoxy groups -OCH3 is 3. The van der Waals surface area contributed by atoms with Gasteiger partial charge in [0.2, 0.25) is 0 Å². The van der Waals surface area contributed by atoms with Crippen LogP contribution in [-0.2, 0) is 16.1 Å². The maximum atomic E-state index is 12.8. The van der Waals surface area contributed by atoms with Crippen molar-refractivity contribution in [3.63, 3.8) is 0 Å². The standard InChI is InChI=1S/C24H32N2O4/c1-18-6-5-7-21(12-18)26(24(27)17-28-2)20-8-10-25(11-9-20)16-19-13-22(29-3)15-23(14-19)30-4/h5-7,12-15,20H,8-11,16-17H2,1-4H3. The lowest BCUT2D eigenvalue weighted by Gasteiger charge is -2.38. The molecule has 3 rings (SSSR count). The van der Waals surface area contributed by atoms with E-state index in [9.17, 15) is 4.79 Å². The number of ether oxygens (including phenoxy) is 3. The first-order valence-corrected chi connectivity index (χ1v) is 10.4. The highest BCUT2D eigenvalue weighted by Gasteiger charge is 2.29. The van der Waals surface area contributed by atoms with Crippen LogP contribution in [-0.4, -0.2) is 57.9 Å². The molecule has 1 aliphatic rings. The van der Waals surface area contributed by atoms with Crippen molar-refractivity contribution in [2.45, 2.75) is 32.4 Å². The second-order valence-corrected chi connectivity index (χ2v) is 7.76. The number of hydrogen-bond acceptors (Lipinski definition) is 5. The number of anilines is 1. The molecule has 6 heteroatoms. The molecule has 1 heterocycles. The summed E-state index contributed by atoms with van der Waals surface area (Å²) >= 11 is 0. The zero-order valence-electron chi connectivity index (χ0n) is 18.4. The smallest absolute Gasteiger partial charge is 0.253 e. The number of amides is 1. The Morgan fingerprint density at radius 3 is 2.27 bits per heavy atom. The fraction of sp³-hybridized carbons (Fsp3) is 0.458. The molecule has 2 aromatic carbocycles. The molecule has 2 aromatic rings. The Labute approximate surface area is 179 Å². The van der Waals surface area contributed by atoms with Crippen LogP contribution in [0.15, 0.2) is 42.5 Å². The van der Waals surface area contributed by atoms with Gasteiger partial charge in [0, 0.05) is 44.5 Å². The quantitative estimate of drug-likeness (QED) is 0.662. The fourth-order valence-corrected chi connectivity index (χ4v) is 4.08. The third-order valence-corrected chi connectivity index (χ3v) is 5.56. The molecular weight excluding hydrogens is 380 g/mol. The largest absolute Gasteiger partial charge is 0.497 e. The molecule has 6 nitrogen and oxygen atoms in total. The summed E-state index contributed by atoms with van der Waals surface area (Å²) < 4.78 is 15.9. The number of carbonyl (C=O) groups excluding carboxylic acids is 1. The topological polar surface area (TPSA) is 51.2 Å². The number of benzene rings is 2. The van der Waals surface area contributed by atoms with Crippen molar-refractivity contribution >= 4 is 11.6 Å². The molecule has 0 atom stereocenters. The van der Waals surface area contributed by atoms with Crippen molar-refractivity contribution < 1.29 is 19.0 Å². The maximum Gasteiger partial charge on any atom is 0.253 e. The van der Waals surface area contributed by atoms with E-state index in [1.165, 1.54) is 0 Å². The minimum Gasteiger partial charge on any atom is -0.497 e. The van der Waals surface area contributed by atoms with E-state index in [0.717, 1.165) is 60.8 Å². The molecule has 1 aliphatic heterocycles. The van der Waals surface area contributed by atoms with Gasteiger partial charge < -0.3 is 19.1 Å². The molecule has 1 saturated heterocycles. The number of likely N-dealkylation sites (tertiary alicyclic amines) is 1. The van der Waals surface area contributed by atoms with Gasteiger partial charge in [-0.1, -0.05) is 12.1 Å². The van der Waals surface area contributed by atoms with Crippen LogP contribution in [0.1, 0.15) is 24.0 Å². The van der Waals surface area contributed by atoms with E-state index in [0.29, 0.717) is 0 Å². The molecule has 1 fully saturated rings. The fourth-order valence-electron chi connectivity index (χ4n) is 4.08. The lowest BCUT2D eigenvalue weighted by atomic mass is 10.0. The highest BCUT2D eigenvalue weighted by atomic mass is 16.5. The van der Waals surface area contributed by atoms with E-state index >= 15 is 0 Å². The summed E-state index contributed by atoms with van der Waals surface area (Å²) in [5.74, 6) is 1.61. The predicted octanol–water partition coefficient (Wildman–Crippen LogP) is 3.66. The molecule has 0 aromatic heterocycles. The van der Waals surface area contributed by atoms with Crippen LogP contribution in [0.2, 0.25) is 0 Å². The minimum atomic E-state index is 0.0130. The Balaban J connectivity index is 1.68. The van der Waals surface area contributed by atoms with Gasteiger partial charge in [-0.15, -0.1) is 0 Å². The van der Waals surface area contributed by atoms with E-state index in [-0.39, 0.29) is 18.6 Å². The Morgan fingerprint density at radius 2 is 1.70 bits per heavy atom. The average Bonchev–Trinajstić information content (AvgIpc) is 2.75. The zero-order valence-corrected chi connectivity index (χ0v) is 18.4. The lowest BCUT2D eigenvalue weighted by Crippen LogP contribution is -2.48. The van der Waals surface area contributed by atoms with Crippen molar-refractivity contribution in [2.24, 2.45) is 0 Å². The minimum absolute atomic E-state index is 0.0130. The van der Waals surface area contributed by atoms with Crippen molar-refractivity contribution in [1.82, 2.24) is 4.90 Å². The van der Waals surface area contributed by atoms with Crippen LogP contribution in [0, 0.1) is 6.92 Å². The molecule has 1 amide bonds. The van der Waals surface area contributed by atoms with E-state index in [2.05, 4.69) is 23.1 Å². The summed E-state index contributed by atoms with van der Waals surface area (Å²) in [5.41, 5.74) is 3.26. The molecule has 0 radical (unpaired) electrons. The van der Waals surface area contributed by atoms with E-state index in [1.54, 1.807) is 21.3 Å². The second-order valence-electron chi connectivity index (χ2n) is 7.76. The van der Waals surface area contributed by atoms with Gasteiger partial charge in [-0.3, -0.25) is 9.69 Å². The predicted molar refractivity (Wildman–Crippen MR) is 118 cm³/mol. The Bertz CT molecular complexity index is 825. The van der Waals surface area contributed by atoms with Crippen molar-refractivity contribution in [2.75, 3.05) is 45.9 Å². The van der Waals surface area contributed by atoms with Crippen molar-refractivity contribution in [3.8, 4) is 11.5 Å². The van der Waals surface area contributed by atoms with Gasteiger partial charge in [-0.05, 0) is 55.2 Å². The van der Waals surface area contributed by atoms with Gasteiger partial charge in [0.05, 0.1) is 14.2 Å². The summed E-state index contributed by atoms with van der Waals surface area (Å²) in [4.78, 5) is 17.2. The Morgan fingerprint density at radius 1 is 1.03 bits per heavy atom. The van der Waals surface area contributed by atoms with Crippen LogP contribution >= 0.6 is 0 Å². The van der Waals surface area contributed by atoms with E-state index < -0.39 is 0 Å². The van der Waals surface area contributed by atoms with Gasteiger partial charge >= 0.3 is 0 Å². The molecule has 0 saturated carbocycles. The molecule has 0 bridgehead atoms. The molecule has 0 unspecified atom stereocenters. The van der Waals surface area contributed by atoms with Gasteiger partial charge in [0.25, 0.3) is 5.91 Å². The summed E-state index contributed by atoms with van der Waals surface area (Å²) in [7, 11) is 4.90. The molecule has 30 heavy (non-hydrogen) atoms. The average molecular weight is 413 g/mol. The summed E-state index contributed by atoms with van der Waals surface area (Å²) in [6, 6.07) is 14.3. The van der Waals surface area contributed by atoms with Gasteiger partial charge in [-0.2, -0.15) is 0 Å². The SMILES string of the molecule is COCC(=O)N(c1cccc(C)c1)C1CCN(Cc2cc(OC)cc(OC)c2)CC1. The first kappa shape index (κ1) is 22.1. The number of hydrogen-bond donors (Lipinski definition) is 0. The first-order valence-electron chi connectivity index (χ1n) is 10.4. The maximum absolute atomic E-state index is 12.8. The third-order valence-electron chi connectivity index (χ3n) is 5.56. The Hall–Kier alpha value is -2.57. The van der Waals surface area contributed by atoms with Gasteiger partial charge in [0.1, 0.15) is 18.1 Å². The number of piperidine rings is 1. The summed E-state index contributed by atoms with van der Waals surface area (Å²) in [5, 5.41) is 0. The highest BCUT2D eigenvalue weighted by Crippen LogP contribution is 2.27. The number of rotatable bonds is 8. The van der Waals surface area contributed by atoms with Gasteiger partial charge in [0.15, 0.2) is 0 Å². The second kappa shape index (κ2) is 10.5. The molecule has 0 spiro atoms. The normalized spacial score (nSPS) is 15.1. The highest BCUT2D eigenvalue weighted by molar-refractivity contribution is 5.95. The zero-order chi connectivity index (χ0) is 21.5. The van der Waals surface area contributed by atoms with Crippen molar-refractivity contribution in [1.29, 1.82) is 0 Å². The third kappa shape index (κ3) is 5.52. The van der Waals surface area contributed by atoms with Crippen LogP contribution in [0.4, 0.5) is 5.69 Å². The van der Waals surface area contributed by atoms with Crippen LogP contribution < -0.4 is 14.4 Å². The first-order chi connectivity index (χ1) is 14.5. The summed E-state index contributed by atoms with van der Waals surface area (Å²) in [6.07, 6.45) is 1.84. The van der Waals surface area contributed by atoms with Gasteiger partial charge in [-0.25, -0.2) is 0 Å². The monoisotopic (exact) mass is 412 g/mol. The van der Waals surface area contributed by atoms with E-state index in [4.69, 9.17) is 14.2 Å². The summed E-state index contributed by atoms with van der Waals surface area (Å²) in [6.45, 7) is 4.82. The van der Waals surface area contributed by atoms with Crippen molar-refractivity contribution in [3.05, 3.63) is 53.6 Å². The number of nitrogens with zero attached hydrogens (tertiary/aromatic N) is 2. The number of aryl methyl sites for hydroxylation is 1. The van der Waals surface area contributed by atoms with Crippen LogP contribution in [0.5, 0.6) is 11.5 Å².